The van der Waals surface area contributed by atoms with E-state index in [-0.39, 0.29) is 18.2 Å². The Morgan fingerprint density at radius 1 is 1.09 bits per heavy atom. The molecule has 23 heavy (non-hydrogen) atoms. The highest BCUT2D eigenvalue weighted by molar-refractivity contribution is 9.10. The van der Waals surface area contributed by atoms with Crippen LogP contribution in [0.1, 0.15) is 17.5 Å². The quantitative estimate of drug-likeness (QED) is 0.833. The van der Waals surface area contributed by atoms with Crippen molar-refractivity contribution < 1.29 is 9.59 Å². The Labute approximate surface area is 143 Å². The summed E-state index contributed by atoms with van der Waals surface area (Å²) in [5.41, 5.74) is 3.64. The van der Waals surface area contributed by atoms with Crippen molar-refractivity contribution in [3.8, 4) is 0 Å². The lowest BCUT2D eigenvalue weighted by Gasteiger charge is -2.17. The van der Waals surface area contributed by atoms with E-state index < -0.39 is 6.04 Å². The fourth-order valence-electron chi connectivity index (χ4n) is 2.65. The normalized spacial score (nSPS) is 17.7. The van der Waals surface area contributed by atoms with Crippen molar-refractivity contribution in [3.05, 3.63) is 58.1 Å². The van der Waals surface area contributed by atoms with Gasteiger partial charge in [-0.2, -0.15) is 0 Å². The number of rotatable bonds is 3. The number of carbonyl (C=O) groups is 2. The number of aryl methyl sites for hydroxylation is 2. The molecule has 2 aromatic carbocycles. The van der Waals surface area contributed by atoms with E-state index in [4.69, 9.17) is 0 Å². The van der Waals surface area contributed by atoms with Gasteiger partial charge in [0.15, 0.2) is 0 Å². The van der Waals surface area contributed by atoms with E-state index in [9.17, 15) is 9.59 Å². The molecule has 5 heteroatoms. The number of imide groups is 1. The molecule has 1 aliphatic rings. The van der Waals surface area contributed by atoms with Crippen molar-refractivity contribution in [1.82, 2.24) is 0 Å². The van der Waals surface area contributed by atoms with Gasteiger partial charge in [-0.1, -0.05) is 18.2 Å². The minimum absolute atomic E-state index is 0.160. The molecule has 3 rings (SSSR count). The average Bonchev–Trinajstić information content (AvgIpc) is 2.79. The van der Waals surface area contributed by atoms with Gasteiger partial charge in [0.25, 0.3) is 5.91 Å². The Morgan fingerprint density at radius 3 is 2.52 bits per heavy atom. The summed E-state index contributed by atoms with van der Waals surface area (Å²) < 4.78 is 0.866. The Morgan fingerprint density at radius 2 is 1.83 bits per heavy atom. The van der Waals surface area contributed by atoms with Gasteiger partial charge in [-0.25, -0.2) is 4.90 Å². The van der Waals surface area contributed by atoms with Gasteiger partial charge < -0.3 is 5.32 Å². The van der Waals surface area contributed by atoms with Gasteiger partial charge in [-0.15, -0.1) is 0 Å². The monoisotopic (exact) mass is 372 g/mol. The minimum Gasteiger partial charge on any atom is -0.372 e. The summed E-state index contributed by atoms with van der Waals surface area (Å²) in [5.74, 6) is -0.392. The molecule has 1 aliphatic heterocycles. The number of benzene rings is 2. The summed E-state index contributed by atoms with van der Waals surface area (Å²) in [6.45, 7) is 3.98. The van der Waals surface area contributed by atoms with Crippen LogP contribution in [0.25, 0.3) is 0 Å². The molecule has 2 amide bonds. The van der Waals surface area contributed by atoms with Crippen LogP contribution in [-0.2, 0) is 9.59 Å². The number of hydrogen-bond acceptors (Lipinski definition) is 3. The van der Waals surface area contributed by atoms with E-state index in [1.807, 2.05) is 56.3 Å². The van der Waals surface area contributed by atoms with Crippen molar-refractivity contribution in [2.24, 2.45) is 0 Å². The summed E-state index contributed by atoms with van der Waals surface area (Å²) in [7, 11) is 0. The minimum atomic E-state index is -0.539. The molecule has 1 atom stereocenters. The second kappa shape index (κ2) is 6.16. The SMILES string of the molecule is Cc1ccc(N2C(=O)C[C@@H](Nc3ccccc3Br)C2=O)cc1C. The lowest BCUT2D eigenvalue weighted by Crippen LogP contribution is -2.34. The van der Waals surface area contributed by atoms with Gasteiger partial charge in [0.05, 0.1) is 12.1 Å². The van der Waals surface area contributed by atoms with Gasteiger partial charge in [0.2, 0.25) is 5.91 Å². The molecular weight excluding hydrogens is 356 g/mol. The van der Waals surface area contributed by atoms with Crippen LogP contribution < -0.4 is 10.2 Å². The number of amides is 2. The summed E-state index contributed by atoms with van der Waals surface area (Å²) in [4.78, 5) is 26.3. The standard InChI is InChI=1S/C18H17BrN2O2/c1-11-7-8-13(9-12(11)2)21-17(22)10-16(18(21)23)20-15-6-4-3-5-14(15)19/h3-9,16,20H,10H2,1-2H3/t16-/m1/s1. The molecule has 2 aromatic rings. The first-order valence-electron chi connectivity index (χ1n) is 7.42. The molecule has 0 saturated carbocycles. The van der Waals surface area contributed by atoms with Gasteiger partial charge in [-0.05, 0) is 65.2 Å². The van der Waals surface area contributed by atoms with Crippen molar-refractivity contribution in [2.75, 3.05) is 10.2 Å². The van der Waals surface area contributed by atoms with Crippen molar-refractivity contribution in [3.63, 3.8) is 0 Å². The van der Waals surface area contributed by atoms with E-state index in [2.05, 4.69) is 21.2 Å². The topological polar surface area (TPSA) is 49.4 Å². The molecule has 1 heterocycles. The highest BCUT2D eigenvalue weighted by Gasteiger charge is 2.39. The van der Waals surface area contributed by atoms with Crippen LogP contribution >= 0.6 is 15.9 Å². The van der Waals surface area contributed by atoms with Crippen LogP contribution in [0.4, 0.5) is 11.4 Å². The molecule has 0 radical (unpaired) electrons. The van der Waals surface area contributed by atoms with Crippen LogP contribution in [0.2, 0.25) is 0 Å². The number of anilines is 2. The molecule has 0 unspecified atom stereocenters. The molecule has 0 spiro atoms. The Hall–Kier alpha value is -2.14. The number of halogens is 1. The molecule has 1 saturated heterocycles. The van der Waals surface area contributed by atoms with Crippen LogP contribution in [0.5, 0.6) is 0 Å². The molecule has 0 aliphatic carbocycles. The zero-order valence-electron chi connectivity index (χ0n) is 13.0. The summed E-state index contributed by atoms with van der Waals surface area (Å²) in [6, 6.07) is 12.6. The molecular formula is C18H17BrN2O2. The molecule has 0 bridgehead atoms. The van der Waals surface area contributed by atoms with Crippen LogP contribution in [0.3, 0.4) is 0 Å². The van der Waals surface area contributed by atoms with Crippen molar-refractivity contribution in [1.29, 1.82) is 0 Å². The van der Waals surface area contributed by atoms with Gasteiger partial charge in [0, 0.05) is 10.2 Å². The summed E-state index contributed by atoms with van der Waals surface area (Å²) >= 11 is 3.44. The van der Waals surface area contributed by atoms with E-state index in [0.29, 0.717) is 5.69 Å². The number of hydrogen-bond donors (Lipinski definition) is 1. The van der Waals surface area contributed by atoms with Crippen molar-refractivity contribution >= 4 is 39.1 Å². The average molecular weight is 373 g/mol. The Balaban J connectivity index is 1.85. The fourth-order valence-corrected chi connectivity index (χ4v) is 3.05. The van der Waals surface area contributed by atoms with E-state index in [1.54, 1.807) is 0 Å². The van der Waals surface area contributed by atoms with Gasteiger partial charge in [0.1, 0.15) is 6.04 Å². The van der Waals surface area contributed by atoms with Crippen LogP contribution in [0.15, 0.2) is 46.9 Å². The highest BCUT2D eigenvalue weighted by atomic mass is 79.9. The zero-order chi connectivity index (χ0) is 16.6. The number of carbonyl (C=O) groups excluding carboxylic acids is 2. The Bertz CT molecular complexity index is 788. The maximum Gasteiger partial charge on any atom is 0.256 e. The van der Waals surface area contributed by atoms with Crippen LogP contribution in [0, 0.1) is 13.8 Å². The number of para-hydroxylation sites is 1. The summed E-state index contributed by atoms with van der Waals surface area (Å²) in [5, 5.41) is 3.16. The van der Waals surface area contributed by atoms with E-state index >= 15 is 0 Å². The first kappa shape index (κ1) is 15.7. The predicted octanol–water partition coefficient (Wildman–Crippen LogP) is 3.81. The lowest BCUT2D eigenvalue weighted by atomic mass is 10.1. The zero-order valence-corrected chi connectivity index (χ0v) is 14.6. The molecule has 0 aromatic heterocycles. The summed E-state index contributed by atoms with van der Waals surface area (Å²) in [6.07, 6.45) is 0.160. The van der Waals surface area contributed by atoms with Gasteiger partial charge in [-0.3, -0.25) is 9.59 Å². The van der Waals surface area contributed by atoms with E-state index in [1.165, 1.54) is 4.90 Å². The first-order valence-corrected chi connectivity index (χ1v) is 8.22. The van der Waals surface area contributed by atoms with Crippen LogP contribution in [-0.4, -0.2) is 17.9 Å². The molecule has 1 fully saturated rings. The van der Waals surface area contributed by atoms with Gasteiger partial charge >= 0.3 is 0 Å². The Kier molecular flexibility index (Phi) is 4.22. The third-order valence-corrected chi connectivity index (χ3v) is 4.79. The second-order valence-corrected chi connectivity index (χ2v) is 6.57. The maximum absolute atomic E-state index is 12.7. The third kappa shape index (κ3) is 3.01. The third-order valence-electron chi connectivity index (χ3n) is 4.10. The number of nitrogens with zero attached hydrogens (tertiary/aromatic N) is 1. The largest absolute Gasteiger partial charge is 0.372 e. The highest BCUT2D eigenvalue weighted by Crippen LogP contribution is 2.28. The van der Waals surface area contributed by atoms with Crippen molar-refractivity contribution in [2.45, 2.75) is 26.3 Å². The maximum atomic E-state index is 12.7. The first-order chi connectivity index (χ1) is 11.0. The second-order valence-electron chi connectivity index (χ2n) is 5.72. The molecule has 118 valence electrons. The fraction of sp³-hybridized carbons (Fsp3) is 0.222. The number of nitrogens with one attached hydrogen (secondary N) is 1. The lowest BCUT2D eigenvalue weighted by molar-refractivity contribution is -0.121. The predicted molar refractivity (Wildman–Crippen MR) is 94.6 cm³/mol. The smallest absolute Gasteiger partial charge is 0.256 e. The molecule has 4 nitrogen and oxygen atoms in total. The molecule has 1 N–H and O–H groups in total. The van der Waals surface area contributed by atoms with E-state index in [0.717, 1.165) is 21.3 Å².